The minimum Gasteiger partial charge on any atom is -0.0555 e. The smallest absolute Gasteiger partial charge is 0.0164 e. The predicted octanol–water partition coefficient (Wildman–Crippen LogP) is 17.5. The van der Waals surface area contributed by atoms with E-state index in [-0.39, 0.29) is 16.2 Å². The van der Waals surface area contributed by atoms with Crippen LogP contribution in [0.3, 0.4) is 0 Å². The van der Waals surface area contributed by atoms with Crippen LogP contribution in [0.2, 0.25) is 0 Å². The molecule has 3 aliphatic rings. The van der Waals surface area contributed by atoms with Crippen molar-refractivity contribution in [3.8, 4) is 33.4 Å². The third-order valence-corrected chi connectivity index (χ3v) is 17.2. The summed E-state index contributed by atoms with van der Waals surface area (Å²) in [5.41, 5.74) is 44.3. The van der Waals surface area contributed by atoms with Crippen molar-refractivity contribution in [1.29, 1.82) is 0 Å². The van der Waals surface area contributed by atoms with E-state index in [2.05, 4.69) is 203 Å². The van der Waals surface area contributed by atoms with Gasteiger partial charge in [0.15, 0.2) is 0 Å². The van der Waals surface area contributed by atoms with Crippen LogP contribution >= 0.6 is 0 Å². The average Bonchev–Trinajstić information content (AvgIpc) is 3.68. The SMILES string of the molecule is Cc1cc(C)c2c(c1C)C(C)(C)c1c(C)c(C)cc(C)c1-2.Cc1cc2c(c(C)c1C)C(C)(C)c1c(C)c(C)cc(C)c1-2.Cc1cc2c(c(C)c1C)C(C)(C)c1c-2cc(C)c(C)c1C. The van der Waals surface area contributed by atoms with Crippen LogP contribution in [0, 0.1) is 125 Å². The van der Waals surface area contributed by atoms with Crippen LogP contribution in [0.4, 0.5) is 0 Å². The molecule has 0 amide bonds. The molecule has 0 atom stereocenters. The zero-order chi connectivity index (χ0) is 47.1. The van der Waals surface area contributed by atoms with Crippen LogP contribution in [-0.2, 0) is 16.2 Å². The fraction of sp³-hybridized carbons (Fsp3) is 0.429. The third kappa shape index (κ3) is 6.58. The number of hydrogen-bond acceptors (Lipinski definition) is 0. The number of fused-ring (bicyclic) bond motifs is 9. The lowest BCUT2D eigenvalue weighted by Crippen LogP contribution is -2.19. The van der Waals surface area contributed by atoms with E-state index in [4.69, 9.17) is 0 Å². The molecule has 0 radical (unpaired) electrons. The maximum atomic E-state index is 2.41. The van der Waals surface area contributed by atoms with Gasteiger partial charge < -0.3 is 0 Å². The van der Waals surface area contributed by atoms with Gasteiger partial charge >= 0.3 is 0 Å². The minimum atomic E-state index is 0.104. The summed E-state index contributed by atoms with van der Waals surface area (Å²) >= 11 is 0. The van der Waals surface area contributed by atoms with Crippen molar-refractivity contribution < 1.29 is 0 Å². The zero-order valence-electron chi connectivity index (χ0n) is 44.0. The fourth-order valence-corrected chi connectivity index (χ4v) is 13.3. The summed E-state index contributed by atoms with van der Waals surface area (Å²) in [6.45, 7) is 55.1. The van der Waals surface area contributed by atoms with Gasteiger partial charge in [-0.15, -0.1) is 0 Å². The molecule has 0 fully saturated rings. The van der Waals surface area contributed by atoms with E-state index in [1.165, 1.54) is 150 Å². The van der Waals surface area contributed by atoms with Crippen molar-refractivity contribution >= 4 is 0 Å². The molecule has 0 unspecified atom stereocenters. The molecule has 330 valence electrons. The van der Waals surface area contributed by atoms with Gasteiger partial charge in [-0.2, -0.15) is 0 Å². The highest BCUT2D eigenvalue weighted by Crippen LogP contribution is 2.56. The minimum absolute atomic E-state index is 0.104. The predicted molar refractivity (Wildman–Crippen MR) is 277 cm³/mol. The molecule has 0 nitrogen and oxygen atoms in total. The monoisotopic (exact) mass is 835 g/mol. The third-order valence-electron chi connectivity index (χ3n) is 17.2. The summed E-state index contributed by atoms with van der Waals surface area (Å²) in [6.07, 6.45) is 0. The second-order valence-electron chi connectivity index (χ2n) is 22.1. The number of aryl methyl sites for hydroxylation is 9. The second-order valence-corrected chi connectivity index (χ2v) is 22.1. The summed E-state index contributed by atoms with van der Waals surface area (Å²) < 4.78 is 0. The molecule has 63 heavy (non-hydrogen) atoms. The van der Waals surface area contributed by atoms with E-state index in [9.17, 15) is 0 Å². The van der Waals surface area contributed by atoms with Crippen LogP contribution < -0.4 is 0 Å². The molecule has 6 aromatic rings. The lowest BCUT2D eigenvalue weighted by Gasteiger charge is -2.27. The van der Waals surface area contributed by atoms with Gasteiger partial charge in [0, 0.05) is 16.2 Å². The number of benzene rings is 6. The molecule has 3 aliphatic carbocycles. The molecule has 0 saturated carbocycles. The molecule has 0 aromatic heterocycles. The van der Waals surface area contributed by atoms with Crippen molar-refractivity contribution in [2.24, 2.45) is 0 Å². The first-order chi connectivity index (χ1) is 29.0. The van der Waals surface area contributed by atoms with E-state index in [0.717, 1.165) is 0 Å². The van der Waals surface area contributed by atoms with Gasteiger partial charge in [-0.25, -0.2) is 0 Å². The van der Waals surface area contributed by atoms with E-state index < -0.39 is 0 Å². The molecular weight excluding hydrogens is 757 g/mol. The van der Waals surface area contributed by atoms with Gasteiger partial charge in [-0.05, 0) is 292 Å². The first-order valence-corrected chi connectivity index (χ1v) is 23.7. The molecule has 0 heteroatoms. The van der Waals surface area contributed by atoms with Crippen molar-refractivity contribution in [3.63, 3.8) is 0 Å². The fourth-order valence-electron chi connectivity index (χ4n) is 13.3. The van der Waals surface area contributed by atoms with E-state index >= 15 is 0 Å². The Labute approximate surface area is 384 Å². The lowest BCUT2D eigenvalue weighted by atomic mass is 9.76. The Hall–Kier alpha value is -4.68. The Morgan fingerprint density at radius 2 is 0.429 bits per heavy atom. The Bertz CT molecular complexity index is 2830. The summed E-state index contributed by atoms with van der Waals surface area (Å²) in [7, 11) is 0. The first-order valence-electron chi connectivity index (χ1n) is 23.7. The zero-order valence-corrected chi connectivity index (χ0v) is 44.0. The highest BCUT2D eigenvalue weighted by Gasteiger charge is 2.42. The molecule has 0 N–H and O–H groups in total. The van der Waals surface area contributed by atoms with Gasteiger partial charge in [0.2, 0.25) is 0 Å². The van der Waals surface area contributed by atoms with Crippen LogP contribution in [0.1, 0.15) is 175 Å². The first kappa shape index (κ1) is 46.3. The van der Waals surface area contributed by atoms with Crippen LogP contribution in [0.15, 0.2) is 36.4 Å². The summed E-state index contributed by atoms with van der Waals surface area (Å²) in [6, 6.07) is 14.3. The largest absolute Gasteiger partial charge is 0.0555 e. The quantitative estimate of drug-likeness (QED) is 0.143. The van der Waals surface area contributed by atoms with Gasteiger partial charge in [-0.1, -0.05) is 77.9 Å². The highest BCUT2D eigenvalue weighted by molar-refractivity contribution is 5.89. The van der Waals surface area contributed by atoms with Crippen LogP contribution in [-0.4, -0.2) is 0 Å². The van der Waals surface area contributed by atoms with Gasteiger partial charge in [-0.3, -0.25) is 0 Å². The summed E-state index contributed by atoms with van der Waals surface area (Å²) in [5, 5.41) is 0. The van der Waals surface area contributed by atoms with Crippen molar-refractivity contribution in [2.45, 2.75) is 182 Å². The Kier molecular flexibility index (Phi) is 11.2. The Balaban J connectivity index is 0.000000142. The van der Waals surface area contributed by atoms with Gasteiger partial charge in [0.25, 0.3) is 0 Å². The average molecular weight is 835 g/mol. The van der Waals surface area contributed by atoms with E-state index in [1.807, 2.05) is 0 Å². The molecule has 0 bridgehead atoms. The Morgan fingerprint density at radius 3 is 0.762 bits per heavy atom. The maximum Gasteiger partial charge on any atom is 0.0164 e. The maximum absolute atomic E-state index is 2.41. The topological polar surface area (TPSA) is 0 Å². The van der Waals surface area contributed by atoms with Crippen molar-refractivity contribution in [2.75, 3.05) is 0 Å². The molecule has 0 spiro atoms. The van der Waals surface area contributed by atoms with Gasteiger partial charge in [0.1, 0.15) is 0 Å². The molecular formula is C63H78. The molecule has 0 aliphatic heterocycles. The Morgan fingerprint density at radius 1 is 0.206 bits per heavy atom. The van der Waals surface area contributed by atoms with Crippen molar-refractivity contribution in [1.82, 2.24) is 0 Å². The molecule has 9 rings (SSSR count). The number of hydrogen-bond donors (Lipinski definition) is 0. The summed E-state index contributed by atoms with van der Waals surface area (Å²) in [5.74, 6) is 0. The lowest BCUT2D eigenvalue weighted by molar-refractivity contribution is 0.648. The summed E-state index contributed by atoms with van der Waals surface area (Å²) in [4.78, 5) is 0. The van der Waals surface area contributed by atoms with E-state index in [0.29, 0.717) is 0 Å². The standard InChI is InChI=1S/3C21H26/c1-11-9-17-18-10-12(2)14(4)16(6)20(18)21(7,8)19(17)15(5)13(11)3;1-11-9-13(3)18-17-10-12(2)14(4)16(6)19(17)21(7,8)20(18)15(11)5;1-11-9-13(3)17-18-14(4)10-12(2)16(6)20(18)21(7,8)19(17)15(11)5/h3*9-10H,1-8H3. The van der Waals surface area contributed by atoms with E-state index in [1.54, 1.807) is 16.7 Å². The van der Waals surface area contributed by atoms with Crippen LogP contribution in [0.25, 0.3) is 33.4 Å². The molecule has 0 heterocycles. The highest BCUT2D eigenvalue weighted by atomic mass is 14.5. The number of rotatable bonds is 0. The van der Waals surface area contributed by atoms with Gasteiger partial charge in [0.05, 0.1) is 0 Å². The van der Waals surface area contributed by atoms with Crippen LogP contribution in [0.5, 0.6) is 0 Å². The normalized spacial score (nSPS) is 15.0. The molecule has 0 saturated heterocycles. The van der Waals surface area contributed by atoms with Crippen molar-refractivity contribution in [3.05, 3.63) is 170 Å². The molecule has 6 aromatic carbocycles. The second kappa shape index (κ2) is 15.2.